The molecule has 1 aromatic heterocycles. The number of methoxy groups -OCH3 is 3. The van der Waals surface area contributed by atoms with Crippen molar-refractivity contribution < 1.29 is 18.7 Å². The summed E-state index contributed by atoms with van der Waals surface area (Å²) in [5.41, 5.74) is 2.02. The first-order valence-corrected chi connectivity index (χ1v) is 9.65. The minimum Gasteiger partial charge on any atom is -0.497 e. The van der Waals surface area contributed by atoms with Crippen molar-refractivity contribution in [3.8, 4) is 28.6 Å². The second kappa shape index (κ2) is 8.53. The molecule has 0 saturated carbocycles. The molecule has 4 rings (SSSR count). The van der Waals surface area contributed by atoms with E-state index in [4.69, 9.17) is 18.7 Å². The van der Waals surface area contributed by atoms with Crippen LogP contribution in [0.3, 0.4) is 0 Å². The third kappa shape index (κ3) is 4.05. The summed E-state index contributed by atoms with van der Waals surface area (Å²) >= 11 is 0. The first-order chi connectivity index (χ1) is 14.2. The molecule has 2 heterocycles. The Morgan fingerprint density at radius 3 is 2.48 bits per heavy atom. The summed E-state index contributed by atoms with van der Waals surface area (Å²) in [4.78, 5) is 6.94. The van der Waals surface area contributed by atoms with Crippen LogP contribution in [0.15, 0.2) is 47.0 Å². The molecular weight excluding hydrogens is 370 g/mol. The summed E-state index contributed by atoms with van der Waals surface area (Å²) < 4.78 is 21.7. The zero-order chi connectivity index (χ0) is 20.2. The van der Waals surface area contributed by atoms with E-state index in [1.54, 1.807) is 21.3 Å². The Bertz CT molecular complexity index is 955. The van der Waals surface area contributed by atoms with Crippen molar-refractivity contribution in [2.24, 2.45) is 0 Å². The molecule has 3 aromatic rings. The number of hydrogen-bond donors (Lipinski definition) is 0. The SMILES string of the molecule is COc1ccc(-c2noc(CN3CCCC3c3cc(OC)ccc3OC)n2)cc1. The van der Waals surface area contributed by atoms with Crippen molar-refractivity contribution in [1.82, 2.24) is 15.0 Å². The van der Waals surface area contributed by atoms with Gasteiger partial charge in [0.05, 0.1) is 27.9 Å². The van der Waals surface area contributed by atoms with Crippen LogP contribution in [-0.2, 0) is 6.54 Å². The molecule has 2 aromatic carbocycles. The smallest absolute Gasteiger partial charge is 0.241 e. The lowest BCUT2D eigenvalue weighted by molar-refractivity contribution is 0.209. The number of hydrogen-bond acceptors (Lipinski definition) is 7. The third-order valence-electron chi connectivity index (χ3n) is 5.31. The molecule has 0 spiro atoms. The van der Waals surface area contributed by atoms with Crippen LogP contribution in [0.1, 0.15) is 30.3 Å². The Labute approximate surface area is 170 Å². The Kier molecular flexibility index (Phi) is 5.67. The quantitative estimate of drug-likeness (QED) is 0.596. The molecule has 1 fully saturated rings. The molecular formula is C22H25N3O4. The number of aromatic nitrogens is 2. The van der Waals surface area contributed by atoms with Crippen LogP contribution in [0.25, 0.3) is 11.4 Å². The molecule has 1 aliphatic rings. The van der Waals surface area contributed by atoms with Gasteiger partial charge in [-0.2, -0.15) is 4.98 Å². The van der Waals surface area contributed by atoms with E-state index in [9.17, 15) is 0 Å². The fourth-order valence-electron chi connectivity index (χ4n) is 3.82. The molecule has 0 aliphatic carbocycles. The fraction of sp³-hybridized carbons (Fsp3) is 0.364. The van der Waals surface area contributed by atoms with Crippen LogP contribution < -0.4 is 14.2 Å². The van der Waals surface area contributed by atoms with Gasteiger partial charge in [0, 0.05) is 17.2 Å². The lowest BCUT2D eigenvalue weighted by Crippen LogP contribution is -2.23. The van der Waals surface area contributed by atoms with E-state index >= 15 is 0 Å². The maximum atomic E-state index is 5.59. The third-order valence-corrected chi connectivity index (χ3v) is 5.31. The first kappa shape index (κ1) is 19.3. The predicted octanol–water partition coefficient (Wildman–Crippen LogP) is 4.10. The van der Waals surface area contributed by atoms with Crippen LogP contribution in [0, 0.1) is 0 Å². The van der Waals surface area contributed by atoms with Gasteiger partial charge in [-0.15, -0.1) is 0 Å². The number of ether oxygens (including phenoxy) is 3. The summed E-state index contributed by atoms with van der Waals surface area (Å²) in [6.45, 7) is 1.56. The lowest BCUT2D eigenvalue weighted by atomic mass is 10.0. The largest absolute Gasteiger partial charge is 0.497 e. The molecule has 0 amide bonds. The average Bonchev–Trinajstić information content (AvgIpc) is 3.43. The summed E-state index contributed by atoms with van der Waals surface area (Å²) in [5, 5.41) is 4.14. The standard InChI is InChI=1S/C22H25N3O4/c1-26-16-8-6-15(7-9-16)22-23-21(29-24-22)14-25-12-4-5-19(25)18-13-17(27-2)10-11-20(18)28-3/h6-11,13,19H,4-5,12,14H2,1-3H3. The Morgan fingerprint density at radius 2 is 1.76 bits per heavy atom. The van der Waals surface area contributed by atoms with Crippen LogP contribution in [-0.4, -0.2) is 42.9 Å². The van der Waals surface area contributed by atoms with Crippen LogP contribution in [0.4, 0.5) is 0 Å². The van der Waals surface area contributed by atoms with Crippen LogP contribution in [0.5, 0.6) is 17.2 Å². The Balaban J connectivity index is 1.53. The van der Waals surface area contributed by atoms with Crippen LogP contribution in [0.2, 0.25) is 0 Å². The van der Waals surface area contributed by atoms with Gasteiger partial charge in [0.25, 0.3) is 0 Å². The monoisotopic (exact) mass is 395 g/mol. The van der Waals surface area contributed by atoms with Gasteiger partial charge < -0.3 is 18.7 Å². The second-order valence-corrected chi connectivity index (χ2v) is 6.98. The molecule has 1 saturated heterocycles. The lowest BCUT2D eigenvalue weighted by Gasteiger charge is -2.25. The Morgan fingerprint density at radius 1 is 1.00 bits per heavy atom. The fourth-order valence-corrected chi connectivity index (χ4v) is 3.82. The summed E-state index contributed by atoms with van der Waals surface area (Å²) in [6, 6.07) is 13.8. The number of rotatable bonds is 7. The van der Waals surface area contributed by atoms with E-state index in [2.05, 4.69) is 21.1 Å². The molecule has 1 atom stereocenters. The zero-order valence-electron chi connectivity index (χ0n) is 16.9. The molecule has 7 heteroatoms. The summed E-state index contributed by atoms with van der Waals surface area (Å²) in [6.07, 6.45) is 2.15. The average molecular weight is 395 g/mol. The van der Waals surface area contributed by atoms with Crippen molar-refractivity contribution in [2.75, 3.05) is 27.9 Å². The van der Waals surface area contributed by atoms with Gasteiger partial charge >= 0.3 is 0 Å². The first-order valence-electron chi connectivity index (χ1n) is 9.65. The highest BCUT2D eigenvalue weighted by Crippen LogP contribution is 2.39. The van der Waals surface area contributed by atoms with E-state index in [0.717, 1.165) is 47.8 Å². The van der Waals surface area contributed by atoms with Gasteiger partial charge in [0.2, 0.25) is 11.7 Å². The summed E-state index contributed by atoms with van der Waals surface area (Å²) in [7, 11) is 5.02. The molecule has 0 radical (unpaired) electrons. The molecule has 0 N–H and O–H groups in total. The van der Waals surface area contributed by atoms with Gasteiger partial charge in [0.1, 0.15) is 17.2 Å². The van der Waals surface area contributed by atoms with Gasteiger partial charge in [-0.25, -0.2) is 0 Å². The number of likely N-dealkylation sites (tertiary alicyclic amines) is 1. The topological polar surface area (TPSA) is 69.9 Å². The van der Waals surface area contributed by atoms with Crippen molar-refractivity contribution in [1.29, 1.82) is 0 Å². The maximum absolute atomic E-state index is 5.59. The van der Waals surface area contributed by atoms with E-state index in [1.165, 1.54) is 0 Å². The van der Waals surface area contributed by atoms with E-state index in [1.807, 2.05) is 36.4 Å². The normalized spacial score (nSPS) is 16.7. The summed E-state index contributed by atoms with van der Waals surface area (Å²) in [5.74, 6) is 3.67. The van der Waals surface area contributed by atoms with Gasteiger partial charge in [-0.3, -0.25) is 4.90 Å². The second-order valence-electron chi connectivity index (χ2n) is 6.98. The highest BCUT2D eigenvalue weighted by atomic mass is 16.5. The number of benzene rings is 2. The zero-order valence-corrected chi connectivity index (χ0v) is 16.9. The van der Waals surface area contributed by atoms with Crippen molar-refractivity contribution >= 4 is 0 Å². The van der Waals surface area contributed by atoms with Gasteiger partial charge in [-0.05, 0) is 61.9 Å². The molecule has 1 unspecified atom stereocenters. The predicted molar refractivity (Wildman–Crippen MR) is 108 cm³/mol. The van der Waals surface area contributed by atoms with Crippen molar-refractivity contribution in [3.05, 3.63) is 53.9 Å². The van der Waals surface area contributed by atoms with Gasteiger partial charge in [-0.1, -0.05) is 5.16 Å². The molecule has 29 heavy (non-hydrogen) atoms. The molecule has 7 nitrogen and oxygen atoms in total. The highest BCUT2D eigenvalue weighted by Gasteiger charge is 2.30. The van der Waals surface area contributed by atoms with E-state index in [-0.39, 0.29) is 6.04 Å². The highest BCUT2D eigenvalue weighted by molar-refractivity contribution is 5.55. The molecule has 152 valence electrons. The molecule has 0 bridgehead atoms. The minimum absolute atomic E-state index is 0.219. The molecule has 1 aliphatic heterocycles. The van der Waals surface area contributed by atoms with Crippen molar-refractivity contribution in [3.63, 3.8) is 0 Å². The maximum Gasteiger partial charge on any atom is 0.241 e. The van der Waals surface area contributed by atoms with Crippen molar-refractivity contribution in [2.45, 2.75) is 25.4 Å². The van der Waals surface area contributed by atoms with Gasteiger partial charge in [0.15, 0.2) is 0 Å². The van der Waals surface area contributed by atoms with E-state index in [0.29, 0.717) is 18.3 Å². The Hall–Kier alpha value is -3.06. The number of nitrogens with zero attached hydrogens (tertiary/aromatic N) is 3. The van der Waals surface area contributed by atoms with Crippen LogP contribution >= 0.6 is 0 Å². The van der Waals surface area contributed by atoms with E-state index < -0.39 is 0 Å². The minimum atomic E-state index is 0.219.